The lowest BCUT2D eigenvalue weighted by molar-refractivity contribution is 0.590. The van der Waals surface area contributed by atoms with Gasteiger partial charge in [-0.2, -0.15) is 0 Å². The molecule has 9 aromatic rings. The highest BCUT2D eigenvalue weighted by Gasteiger charge is 2.43. The van der Waals surface area contributed by atoms with E-state index in [4.69, 9.17) is 0 Å². The maximum atomic E-state index is 2.73. The lowest BCUT2D eigenvalue weighted by Gasteiger charge is -2.36. The Morgan fingerprint density at radius 1 is 0.560 bits per heavy atom. The third-order valence-corrected chi connectivity index (χ3v) is 12.1. The van der Waals surface area contributed by atoms with Crippen molar-refractivity contribution >= 4 is 72.2 Å². The van der Waals surface area contributed by atoms with E-state index in [0.717, 1.165) is 0 Å². The fourth-order valence-electron chi connectivity index (χ4n) is 9.67. The van der Waals surface area contributed by atoms with Crippen LogP contribution in [0.2, 0.25) is 0 Å². The van der Waals surface area contributed by atoms with Crippen LogP contribution in [0.15, 0.2) is 109 Å². The van der Waals surface area contributed by atoms with Crippen LogP contribution in [-0.4, -0.2) is 15.9 Å². The van der Waals surface area contributed by atoms with Crippen LogP contribution in [-0.2, 0) is 10.8 Å². The van der Waals surface area contributed by atoms with E-state index in [1.165, 1.54) is 110 Å². The zero-order valence-electron chi connectivity index (χ0n) is 29.9. The fourth-order valence-corrected chi connectivity index (χ4v) is 9.67. The summed E-state index contributed by atoms with van der Waals surface area (Å²) in [6, 6.07) is 42.2. The highest BCUT2D eigenvalue weighted by Crippen LogP contribution is 2.49. The summed E-state index contributed by atoms with van der Waals surface area (Å²) >= 11 is 0. The van der Waals surface area contributed by atoms with Crippen LogP contribution >= 0.6 is 0 Å². The predicted molar refractivity (Wildman–Crippen MR) is 216 cm³/mol. The number of nitrogens with zero attached hydrogens (tertiary/aromatic N) is 2. The summed E-state index contributed by atoms with van der Waals surface area (Å²) in [7, 11) is 0. The van der Waals surface area contributed by atoms with E-state index >= 15 is 0 Å². The molecule has 7 aromatic carbocycles. The van der Waals surface area contributed by atoms with E-state index < -0.39 is 0 Å². The van der Waals surface area contributed by atoms with Gasteiger partial charge in [0.2, 0.25) is 0 Å². The van der Waals surface area contributed by atoms with Gasteiger partial charge in [-0.3, -0.25) is 0 Å². The maximum absolute atomic E-state index is 2.73. The maximum Gasteiger partial charge on any atom is 0.333 e. The number of fused-ring (bicyclic) bond motifs is 8. The van der Waals surface area contributed by atoms with Crippen molar-refractivity contribution in [3.63, 3.8) is 0 Å². The Hall–Kier alpha value is -5.28. The second-order valence-corrected chi connectivity index (χ2v) is 17.0. The Bertz CT molecular complexity index is 2940. The molecule has 2 aromatic heterocycles. The quantitative estimate of drug-likeness (QED) is 0.125. The summed E-state index contributed by atoms with van der Waals surface area (Å²) in [5.41, 5.74) is 19.0. The van der Waals surface area contributed by atoms with E-state index in [1.54, 1.807) is 0 Å². The molecule has 11 rings (SSSR count). The molecule has 0 N–H and O–H groups in total. The van der Waals surface area contributed by atoms with Gasteiger partial charge in [0.1, 0.15) is 0 Å². The molecule has 2 nitrogen and oxygen atoms in total. The first-order valence-electron chi connectivity index (χ1n) is 18.1. The Labute approximate surface area is 293 Å². The molecule has 0 fully saturated rings. The molecule has 0 saturated heterocycles. The molecule has 0 bridgehead atoms. The smallest absolute Gasteiger partial charge is 0.333 e. The lowest BCUT2D eigenvalue weighted by Crippen LogP contribution is -2.55. The predicted octanol–water partition coefficient (Wildman–Crippen LogP) is 11.0. The summed E-state index contributed by atoms with van der Waals surface area (Å²) in [6.07, 6.45) is 0. The van der Waals surface area contributed by atoms with Gasteiger partial charge < -0.3 is 9.05 Å². The summed E-state index contributed by atoms with van der Waals surface area (Å²) in [4.78, 5) is 0. The van der Waals surface area contributed by atoms with Crippen molar-refractivity contribution in [1.82, 2.24) is 9.05 Å². The average Bonchev–Trinajstić information content (AvgIpc) is 3.62. The van der Waals surface area contributed by atoms with E-state index in [-0.39, 0.29) is 17.7 Å². The van der Waals surface area contributed by atoms with Crippen molar-refractivity contribution in [2.45, 2.75) is 59.3 Å². The van der Waals surface area contributed by atoms with Crippen molar-refractivity contribution in [2.75, 3.05) is 0 Å². The van der Waals surface area contributed by atoms with Crippen molar-refractivity contribution in [3.8, 4) is 27.9 Å². The minimum absolute atomic E-state index is 0.00689. The molecule has 2 aliphatic heterocycles. The summed E-state index contributed by atoms with van der Waals surface area (Å²) in [6.45, 7) is 16.5. The van der Waals surface area contributed by atoms with Crippen molar-refractivity contribution in [3.05, 3.63) is 126 Å². The minimum Gasteiger partial charge on any atom is -0.375 e. The molecular formula is C47H39BN2. The summed E-state index contributed by atoms with van der Waals surface area (Å²) in [5.74, 6) is 0. The summed E-state index contributed by atoms with van der Waals surface area (Å²) in [5, 5.41) is 8.12. The van der Waals surface area contributed by atoms with Crippen molar-refractivity contribution < 1.29 is 0 Å². The lowest BCUT2D eigenvalue weighted by atomic mass is 9.45. The molecule has 3 heteroatoms. The van der Waals surface area contributed by atoms with Crippen LogP contribution in [0.25, 0.3) is 82.3 Å². The van der Waals surface area contributed by atoms with Crippen LogP contribution in [0.3, 0.4) is 0 Å². The molecule has 0 unspecified atom stereocenters. The van der Waals surface area contributed by atoms with Gasteiger partial charge in [0.25, 0.3) is 0 Å². The van der Waals surface area contributed by atoms with Gasteiger partial charge >= 0.3 is 6.85 Å². The Kier molecular flexibility index (Phi) is 5.19. The Morgan fingerprint density at radius 3 is 2.04 bits per heavy atom. The summed E-state index contributed by atoms with van der Waals surface area (Å²) < 4.78 is 5.35. The Balaban J connectivity index is 1.41. The molecule has 0 radical (unpaired) electrons. The van der Waals surface area contributed by atoms with E-state index in [2.05, 4.69) is 167 Å². The van der Waals surface area contributed by atoms with Crippen LogP contribution in [0.4, 0.5) is 0 Å². The average molecular weight is 643 g/mol. The molecular weight excluding hydrogens is 603 g/mol. The van der Waals surface area contributed by atoms with Crippen molar-refractivity contribution in [1.29, 1.82) is 0 Å². The second-order valence-electron chi connectivity index (χ2n) is 17.0. The third-order valence-electron chi connectivity index (χ3n) is 12.1. The first-order chi connectivity index (χ1) is 24.0. The SMILES string of the molecule is Cc1c(-c2ccccc2)cc2c3c1-c1cc(C(C)(C)C)cc4c5cc(C(C)(C)C)ccc5n(c14)B3c1ccc3ccc4cccc5c4c3c1n5-2. The molecule has 0 amide bonds. The monoisotopic (exact) mass is 642 g/mol. The highest BCUT2D eigenvalue weighted by molar-refractivity contribution is 6.90. The molecule has 0 spiro atoms. The molecule has 0 aliphatic carbocycles. The number of rotatable bonds is 1. The minimum atomic E-state index is -0.00689. The fraction of sp³-hybridized carbons (Fsp3) is 0.191. The standard InChI is InChI=1S/C47H39BN2/c1-26-32(27-12-9-8-10-13-27)25-39-43-40(26)35-24-31(47(5,6)7)23-34-33-22-30(46(2,3)4)19-21-37(33)50(44(34)35)48(43)36-20-18-29-17-16-28-14-11-15-38-41(28)42(29)45(36)49(38)39/h8-25H,1-7H3. The first kappa shape index (κ1) is 28.6. The van der Waals surface area contributed by atoms with Gasteiger partial charge in [0.15, 0.2) is 0 Å². The molecule has 2 aliphatic rings. The molecule has 240 valence electrons. The molecule has 4 heterocycles. The zero-order valence-corrected chi connectivity index (χ0v) is 29.9. The van der Waals surface area contributed by atoms with E-state index in [0.29, 0.717) is 0 Å². The van der Waals surface area contributed by atoms with Gasteiger partial charge in [0.05, 0.1) is 11.0 Å². The number of hydrogen-bond acceptors (Lipinski definition) is 0. The van der Waals surface area contributed by atoms with Gasteiger partial charge in [-0.05, 0) is 109 Å². The Morgan fingerprint density at radius 2 is 1.28 bits per heavy atom. The largest absolute Gasteiger partial charge is 0.375 e. The van der Waals surface area contributed by atoms with Crippen molar-refractivity contribution in [2.24, 2.45) is 0 Å². The van der Waals surface area contributed by atoms with Crippen LogP contribution in [0.1, 0.15) is 58.2 Å². The topological polar surface area (TPSA) is 9.86 Å². The highest BCUT2D eigenvalue weighted by atomic mass is 15.0. The van der Waals surface area contributed by atoms with Gasteiger partial charge in [0, 0.05) is 43.8 Å². The normalized spacial score (nSPS) is 13.9. The number of benzene rings is 7. The number of aromatic nitrogens is 2. The van der Waals surface area contributed by atoms with Gasteiger partial charge in [-0.1, -0.05) is 114 Å². The number of hydrogen-bond donors (Lipinski definition) is 0. The molecule has 50 heavy (non-hydrogen) atoms. The van der Waals surface area contributed by atoms with E-state index in [1.807, 2.05) is 0 Å². The molecule has 0 atom stereocenters. The molecule has 0 saturated carbocycles. The van der Waals surface area contributed by atoms with Crippen LogP contribution < -0.4 is 10.9 Å². The van der Waals surface area contributed by atoms with Gasteiger partial charge in [-0.15, -0.1) is 0 Å². The van der Waals surface area contributed by atoms with Crippen LogP contribution in [0.5, 0.6) is 0 Å². The zero-order chi connectivity index (χ0) is 34.0. The third kappa shape index (κ3) is 3.41. The van der Waals surface area contributed by atoms with E-state index in [9.17, 15) is 0 Å². The van der Waals surface area contributed by atoms with Gasteiger partial charge in [-0.25, -0.2) is 0 Å². The first-order valence-corrected chi connectivity index (χ1v) is 18.1. The second kappa shape index (κ2) is 9.09. The van der Waals surface area contributed by atoms with Crippen LogP contribution in [0, 0.1) is 6.92 Å².